The van der Waals surface area contributed by atoms with Crippen LogP contribution in [0.15, 0.2) is 85.2 Å². The van der Waals surface area contributed by atoms with E-state index in [0.29, 0.717) is 18.9 Å². The van der Waals surface area contributed by atoms with Gasteiger partial charge in [-0.3, -0.25) is 10.1 Å². The predicted molar refractivity (Wildman–Crippen MR) is 124 cm³/mol. The first kappa shape index (κ1) is 20.9. The zero-order chi connectivity index (χ0) is 22.3. The largest absolute Gasteiger partial charge is 0.353 e. The smallest absolute Gasteiger partial charge is 0.342 e. The first-order valence-electron chi connectivity index (χ1n) is 10.1. The zero-order valence-electron chi connectivity index (χ0n) is 17.5. The maximum atomic E-state index is 12.1. The van der Waals surface area contributed by atoms with Crippen LogP contribution >= 0.6 is 0 Å². The maximum absolute atomic E-state index is 12.1. The fourth-order valence-corrected chi connectivity index (χ4v) is 3.41. The minimum atomic E-state index is -0.448. The second kappa shape index (κ2) is 9.65. The highest BCUT2D eigenvalue weighted by atomic mass is 16.6. The molecular formula is C24H22N6O2. The van der Waals surface area contributed by atoms with Gasteiger partial charge in [0.15, 0.2) is 0 Å². The van der Waals surface area contributed by atoms with Gasteiger partial charge in [-0.25, -0.2) is 15.0 Å². The van der Waals surface area contributed by atoms with Gasteiger partial charge in [-0.05, 0) is 30.2 Å². The molecule has 8 nitrogen and oxygen atoms in total. The predicted octanol–water partition coefficient (Wildman–Crippen LogP) is 5.04. The van der Waals surface area contributed by atoms with Crippen LogP contribution in [0.5, 0.6) is 0 Å². The summed E-state index contributed by atoms with van der Waals surface area (Å²) in [7, 11) is 0. The lowest BCUT2D eigenvalue weighted by Gasteiger charge is -2.24. The van der Waals surface area contributed by atoms with Crippen LogP contribution in [0.4, 0.5) is 23.1 Å². The Bertz CT molecular complexity index is 1160. The highest BCUT2D eigenvalue weighted by Gasteiger charge is 2.27. The minimum absolute atomic E-state index is 0.101. The summed E-state index contributed by atoms with van der Waals surface area (Å²) < 4.78 is 0. The van der Waals surface area contributed by atoms with Crippen LogP contribution in [0.25, 0.3) is 0 Å². The van der Waals surface area contributed by atoms with E-state index in [4.69, 9.17) is 0 Å². The van der Waals surface area contributed by atoms with Gasteiger partial charge in [0, 0.05) is 18.8 Å². The third-order valence-electron chi connectivity index (χ3n) is 4.85. The van der Waals surface area contributed by atoms with Gasteiger partial charge in [-0.15, -0.1) is 0 Å². The molecule has 0 unspecified atom stereocenters. The van der Waals surface area contributed by atoms with E-state index in [0.717, 1.165) is 16.8 Å². The number of nitrogens with zero attached hydrogens (tertiary/aromatic N) is 5. The van der Waals surface area contributed by atoms with Crippen molar-refractivity contribution in [2.75, 3.05) is 10.2 Å². The Kier molecular flexibility index (Phi) is 6.31. The lowest BCUT2D eigenvalue weighted by atomic mass is 10.1. The normalized spacial score (nSPS) is 10.5. The number of aryl methyl sites for hydroxylation is 1. The number of pyridine rings is 1. The van der Waals surface area contributed by atoms with Crippen LogP contribution in [-0.2, 0) is 13.1 Å². The molecule has 0 aliphatic heterocycles. The quantitative estimate of drug-likeness (QED) is 0.311. The Hall–Kier alpha value is -4.33. The van der Waals surface area contributed by atoms with Gasteiger partial charge in [-0.2, -0.15) is 0 Å². The van der Waals surface area contributed by atoms with Crippen molar-refractivity contribution in [2.24, 2.45) is 0 Å². The Labute approximate surface area is 185 Å². The number of anilines is 3. The molecule has 2 aromatic carbocycles. The van der Waals surface area contributed by atoms with Gasteiger partial charge >= 0.3 is 5.69 Å². The molecule has 0 radical (unpaired) electrons. The molecule has 0 bridgehead atoms. The Morgan fingerprint density at radius 1 is 0.875 bits per heavy atom. The van der Waals surface area contributed by atoms with Crippen molar-refractivity contribution >= 4 is 23.1 Å². The third-order valence-corrected chi connectivity index (χ3v) is 4.85. The summed E-state index contributed by atoms with van der Waals surface area (Å²) in [5, 5.41) is 15.1. The van der Waals surface area contributed by atoms with Crippen molar-refractivity contribution < 1.29 is 4.92 Å². The molecule has 8 heteroatoms. The molecule has 4 rings (SSSR count). The molecule has 1 N–H and O–H groups in total. The molecule has 2 aromatic heterocycles. The van der Waals surface area contributed by atoms with Gasteiger partial charge in [0.25, 0.3) is 0 Å². The van der Waals surface area contributed by atoms with Crippen molar-refractivity contribution in [3.05, 3.63) is 112 Å². The number of nitro groups is 1. The average Bonchev–Trinajstić information content (AvgIpc) is 2.80. The molecule has 0 aliphatic rings. The van der Waals surface area contributed by atoms with Gasteiger partial charge in [0.2, 0.25) is 11.6 Å². The maximum Gasteiger partial charge on any atom is 0.353 e. The summed E-state index contributed by atoms with van der Waals surface area (Å²) in [4.78, 5) is 26.4. The van der Waals surface area contributed by atoms with Crippen LogP contribution in [0.1, 0.15) is 16.8 Å². The Balaban J connectivity index is 1.76. The van der Waals surface area contributed by atoms with Crippen LogP contribution in [0, 0.1) is 17.0 Å². The lowest BCUT2D eigenvalue weighted by Crippen LogP contribution is -2.24. The zero-order valence-corrected chi connectivity index (χ0v) is 17.5. The number of benzene rings is 2. The number of aromatic nitrogens is 3. The molecule has 0 amide bonds. The van der Waals surface area contributed by atoms with Crippen LogP contribution in [0.2, 0.25) is 0 Å². The van der Waals surface area contributed by atoms with Gasteiger partial charge in [-0.1, -0.05) is 66.7 Å². The summed E-state index contributed by atoms with van der Waals surface area (Å²) in [6, 6.07) is 25.0. The van der Waals surface area contributed by atoms with E-state index >= 15 is 0 Å². The van der Waals surface area contributed by atoms with Crippen molar-refractivity contribution in [3.8, 4) is 0 Å². The highest BCUT2D eigenvalue weighted by Crippen LogP contribution is 2.34. The standard InChI is InChI=1S/C24H22N6O2/c1-18-9-8-14-21(27-18)28-23-22(30(31)32)24(26-17-25-23)29(15-19-10-4-2-5-11-19)16-20-12-6-3-7-13-20/h2-14,17H,15-16H2,1H3,(H,25,26,27,28). The van der Waals surface area contributed by atoms with Crippen molar-refractivity contribution in [1.29, 1.82) is 0 Å². The number of hydrogen-bond donors (Lipinski definition) is 1. The molecule has 2 heterocycles. The van der Waals surface area contributed by atoms with Gasteiger partial charge in [0.1, 0.15) is 12.1 Å². The van der Waals surface area contributed by atoms with E-state index in [-0.39, 0.29) is 17.3 Å². The molecule has 160 valence electrons. The van der Waals surface area contributed by atoms with Crippen LogP contribution < -0.4 is 10.2 Å². The Morgan fingerprint density at radius 3 is 2.06 bits per heavy atom. The molecule has 4 aromatic rings. The summed E-state index contributed by atoms with van der Waals surface area (Å²) >= 11 is 0. The molecule has 0 saturated carbocycles. The molecular weight excluding hydrogens is 404 g/mol. The Morgan fingerprint density at radius 2 is 1.50 bits per heavy atom. The van der Waals surface area contributed by atoms with E-state index in [2.05, 4.69) is 20.3 Å². The monoisotopic (exact) mass is 426 g/mol. The highest BCUT2D eigenvalue weighted by molar-refractivity contribution is 5.73. The third kappa shape index (κ3) is 5.04. The minimum Gasteiger partial charge on any atom is -0.342 e. The molecule has 0 atom stereocenters. The SMILES string of the molecule is Cc1cccc(Nc2ncnc(N(Cc3ccccc3)Cc3ccccc3)c2[N+](=O)[O-])n1. The van der Waals surface area contributed by atoms with Crippen molar-refractivity contribution in [3.63, 3.8) is 0 Å². The summed E-state index contributed by atoms with van der Waals surface area (Å²) in [5.41, 5.74) is 2.64. The van der Waals surface area contributed by atoms with Crippen LogP contribution in [0.3, 0.4) is 0 Å². The van der Waals surface area contributed by atoms with E-state index in [1.807, 2.05) is 84.6 Å². The van der Waals surface area contributed by atoms with Crippen LogP contribution in [-0.4, -0.2) is 19.9 Å². The molecule has 0 spiro atoms. The topological polar surface area (TPSA) is 97.1 Å². The fraction of sp³-hybridized carbons (Fsp3) is 0.125. The molecule has 0 aliphatic carbocycles. The van der Waals surface area contributed by atoms with E-state index in [1.54, 1.807) is 6.07 Å². The molecule has 0 fully saturated rings. The number of rotatable bonds is 8. The van der Waals surface area contributed by atoms with E-state index in [9.17, 15) is 10.1 Å². The van der Waals surface area contributed by atoms with Crippen molar-refractivity contribution in [1.82, 2.24) is 15.0 Å². The average molecular weight is 426 g/mol. The summed E-state index contributed by atoms with van der Waals surface area (Å²) in [6.07, 6.45) is 1.34. The number of nitrogens with one attached hydrogen (secondary N) is 1. The molecule has 0 saturated heterocycles. The van der Waals surface area contributed by atoms with Gasteiger partial charge in [0.05, 0.1) is 4.92 Å². The second-order valence-corrected chi connectivity index (χ2v) is 7.27. The molecule has 32 heavy (non-hydrogen) atoms. The fourth-order valence-electron chi connectivity index (χ4n) is 3.41. The van der Waals surface area contributed by atoms with Gasteiger partial charge < -0.3 is 10.2 Å². The first-order chi connectivity index (χ1) is 15.6. The summed E-state index contributed by atoms with van der Waals surface area (Å²) in [6.45, 7) is 2.76. The van der Waals surface area contributed by atoms with E-state index < -0.39 is 4.92 Å². The first-order valence-corrected chi connectivity index (χ1v) is 10.1. The lowest BCUT2D eigenvalue weighted by molar-refractivity contribution is -0.383. The second-order valence-electron chi connectivity index (χ2n) is 7.27. The number of hydrogen-bond acceptors (Lipinski definition) is 7. The summed E-state index contributed by atoms with van der Waals surface area (Å²) in [5.74, 6) is 0.826. The van der Waals surface area contributed by atoms with E-state index in [1.165, 1.54) is 6.33 Å². The van der Waals surface area contributed by atoms with Crippen molar-refractivity contribution in [2.45, 2.75) is 20.0 Å².